The van der Waals surface area contributed by atoms with Crippen LogP contribution in [0.15, 0.2) is 12.1 Å². The lowest BCUT2D eigenvalue weighted by atomic mass is 10.1. The first kappa shape index (κ1) is 17.5. The van der Waals surface area contributed by atoms with Crippen LogP contribution >= 0.6 is 0 Å². The summed E-state index contributed by atoms with van der Waals surface area (Å²) in [5.41, 5.74) is -1.49. The van der Waals surface area contributed by atoms with Crippen molar-refractivity contribution in [2.45, 2.75) is 19.9 Å². The zero-order chi connectivity index (χ0) is 16.9. The van der Waals surface area contributed by atoms with Crippen molar-refractivity contribution in [2.75, 3.05) is 6.61 Å². The Bertz CT molecular complexity index is 594. The van der Waals surface area contributed by atoms with E-state index in [2.05, 4.69) is 14.2 Å². The van der Waals surface area contributed by atoms with Gasteiger partial charge in [0.2, 0.25) is 0 Å². The number of rotatable bonds is 5. The highest BCUT2D eigenvalue weighted by Crippen LogP contribution is 2.33. The average molecular weight is 325 g/mol. The number of esters is 1. The van der Waals surface area contributed by atoms with Gasteiger partial charge in [0.05, 0.1) is 12.2 Å². The summed E-state index contributed by atoms with van der Waals surface area (Å²) in [6.07, 6.45) is -5.19. The Kier molecular flexibility index (Phi) is 5.50. The predicted octanol–water partition coefficient (Wildman–Crippen LogP) is 3.23. The minimum absolute atomic E-state index is 0.140. The second-order valence-corrected chi connectivity index (χ2v) is 3.60. The molecule has 0 heterocycles. The fraction of sp³-hybridized carbons (Fsp3) is 0.333. The number of hydrogen-bond donors (Lipinski definition) is 0. The summed E-state index contributed by atoms with van der Waals surface area (Å²) in [4.78, 5) is 11.6. The van der Waals surface area contributed by atoms with Gasteiger partial charge >= 0.3 is 18.9 Å². The van der Waals surface area contributed by atoms with Crippen LogP contribution < -0.4 is 9.47 Å². The molecule has 0 aromatic heterocycles. The number of alkyl halides is 5. The van der Waals surface area contributed by atoms with E-state index in [0.717, 1.165) is 0 Å². The lowest BCUT2D eigenvalue weighted by Gasteiger charge is -2.14. The van der Waals surface area contributed by atoms with Gasteiger partial charge in [-0.25, -0.2) is 4.79 Å². The molecule has 0 atom stereocenters. The molecule has 0 bridgehead atoms. The smallest absolute Gasteiger partial charge is 0.462 e. The zero-order valence-corrected chi connectivity index (χ0v) is 10.9. The van der Waals surface area contributed by atoms with Gasteiger partial charge in [0, 0.05) is 6.07 Å². The molecule has 0 unspecified atom stereocenters. The second-order valence-electron chi connectivity index (χ2n) is 3.60. The molecule has 0 N–H and O–H groups in total. The van der Waals surface area contributed by atoms with E-state index >= 15 is 0 Å². The van der Waals surface area contributed by atoms with Crippen molar-refractivity contribution >= 4 is 5.97 Å². The number of halogens is 5. The van der Waals surface area contributed by atoms with Gasteiger partial charge in [-0.3, -0.25) is 0 Å². The molecule has 1 aromatic rings. The fourth-order valence-corrected chi connectivity index (χ4v) is 1.45. The third-order valence-corrected chi connectivity index (χ3v) is 2.13. The first-order valence-electron chi connectivity index (χ1n) is 5.63. The van der Waals surface area contributed by atoms with Crippen molar-refractivity contribution in [3.05, 3.63) is 23.3 Å². The monoisotopic (exact) mass is 325 g/mol. The maximum atomic E-state index is 12.3. The summed E-state index contributed by atoms with van der Waals surface area (Å²) < 4.78 is 73.3. The molecule has 0 spiro atoms. The summed E-state index contributed by atoms with van der Waals surface area (Å²) in [7, 11) is 0. The maximum absolute atomic E-state index is 12.3. The van der Waals surface area contributed by atoms with E-state index in [1.54, 1.807) is 0 Å². The molecular weight excluding hydrogens is 317 g/mol. The Balaban J connectivity index is 3.42. The number of carbonyl (C=O) groups excluding carboxylic acids is 1. The lowest BCUT2D eigenvalue weighted by molar-refractivity contribution is -0.274. The first-order chi connectivity index (χ1) is 10.2. The molecule has 0 aliphatic carbocycles. The molecule has 10 heteroatoms. The van der Waals surface area contributed by atoms with Gasteiger partial charge in [0.1, 0.15) is 17.4 Å². The second kappa shape index (κ2) is 6.93. The Morgan fingerprint density at radius 1 is 1.36 bits per heavy atom. The molecule has 1 rings (SSSR count). The van der Waals surface area contributed by atoms with Gasteiger partial charge < -0.3 is 14.2 Å². The van der Waals surface area contributed by atoms with Crippen molar-refractivity contribution in [1.29, 1.82) is 5.26 Å². The SMILES string of the molecule is CCOC(=O)c1cc(OC(F)F)cc(OC(F)(F)F)c1C#N. The topological polar surface area (TPSA) is 68.6 Å². The minimum atomic E-state index is -5.19. The number of ether oxygens (including phenoxy) is 3. The van der Waals surface area contributed by atoms with Gasteiger partial charge in [-0.05, 0) is 13.0 Å². The van der Waals surface area contributed by atoms with Gasteiger partial charge in [-0.2, -0.15) is 14.0 Å². The van der Waals surface area contributed by atoms with E-state index < -0.39 is 41.6 Å². The van der Waals surface area contributed by atoms with E-state index in [4.69, 9.17) is 5.26 Å². The predicted molar refractivity (Wildman–Crippen MR) is 60.4 cm³/mol. The van der Waals surface area contributed by atoms with Crippen LogP contribution in [0.5, 0.6) is 11.5 Å². The van der Waals surface area contributed by atoms with E-state index in [1.807, 2.05) is 0 Å². The molecule has 0 saturated carbocycles. The number of hydrogen-bond acceptors (Lipinski definition) is 5. The average Bonchev–Trinajstić information content (AvgIpc) is 2.35. The Morgan fingerprint density at radius 3 is 2.45 bits per heavy atom. The van der Waals surface area contributed by atoms with Gasteiger partial charge in [0.25, 0.3) is 0 Å². The number of benzene rings is 1. The Labute approximate surface area is 120 Å². The minimum Gasteiger partial charge on any atom is -0.462 e. The molecule has 120 valence electrons. The van der Waals surface area contributed by atoms with E-state index in [9.17, 15) is 26.7 Å². The van der Waals surface area contributed by atoms with Crippen LogP contribution in [0.1, 0.15) is 22.8 Å². The van der Waals surface area contributed by atoms with Crippen LogP contribution in [0.4, 0.5) is 22.0 Å². The highest BCUT2D eigenvalue weighted by Gasteiger charge is 2.34. The lowest BCUT2D eigenvalue weighted by Crippen LogP contribution is -2.19. The number of nitrogens with zero attached hydrogens (tertiary/aromatic N) is 1. The summed E-state index contributed by atoms with van der Waals surface area (Å²) >= 11 is 0. The Hall–Kier alpha value is -2.57. The van der Waals surface area contributed by atoms with Crippen LogP contribution in [0.25, 0.3) is 0 Å². The molecule has 5 nitrogen and oxygen atoms in total. The van der Waals surface area contributed by atoms with Crippen LogP contribution in [0.2, 0.25) is 0 Å². The van der Waals surface area contributed by atoms with Crippen LogP contribution in [-0.4, -0.2) is 25.6 Å². The Morgan fingerprint density at radius 2 is 2.00 bits per heavy atom. The summed E-state index contributed by atoms with van der Waals surface area (Å²) in [6.45, 7) is -2.07. The van der Waals surface area contributed by atoms with Crippen LogP contribution in [-0.2, 0) is 4.74 Å². The summed E-state index contributed by atoms with van der Waals surface area (Å²) in [5.74, 6) is -3.10. The molecule has 0 amide bonds. The largest absolute Gasteiger partial charge is 0.573 e. The van der Waals surface area contributed by atoms with E-state index in [0.29, 0.717) is 12.1 Å². The van der Waals surface area contributed by atoms with Crippen molar-refractivity contribution < 1.29 is 41.0 Å². The molecule has 0 aliphatic heterocycles. The third-order valence-electron chi connectivity index (χ3n) is 2.13. The quantitative estimate of drug-likeness (QED) is 0.614. The molecule has 0 aliphatic rings. The van der Waals surface area contributed by atoms with Crippen molar-refractivity contribution in [3.63, 3.8) is 0 Å². The first-order valence-corrected chi connectivity index (χ1v) is 5.63. The molecule has 0 fully saturated rings. The summed E-state index contributed by atoms with van der Waals surface area (Å²) in [6, 6.07) is 2.44. The number of nitriles is 1. The van der Waals surface area contributed by atoms with Crippen molar-refractivity contribution in [3.8, 4) is 17.6 Å². The highest BCUT2D eigenvalue weighted by atomic mass is 19.4. The molecular formula is C12H8F5NO4. The molecule has 0 radical (unpaired) electrons. The molecule has 0 saturated heterocycles. The van der Waals surface area contributed by atoms with Gasteiger partial charge in [0.15, 0.2) is 5.75 Å². The molecule has 22 heavy (non-hydrogen) atoms. The van der Waals surface area contributed by atoms with Gasteiger partial charge in [-0.15, -0.1) is 13.2 Å². The van der Waals surface area contributed by atoms with E-state index in [-0.39, 0.29) is 6.61 Å². The van der Waals surface area contributed by atoms with Crippen molar-refractivity contribution in [1.82, 2.24) is 0 Å². The molecule has 1 aromatic carbocycles. The van der Waals surface area contributed by atoms with Crippen LogP contribution in [0.3, 0.4) is 0 Å². The van der Waals surface area contributed by atoms with Gasteiger partial charge in [-0.1, -0.05) is 0 Å². The third kappa shape index (κ3) is 4.76. The zero-order valence-electron chi connectivity index (χ0n) is 10.9. The van der Waals surface area contributed by atoms with Crippen molar-refractivity contribution in [2.24, 2.45) is 0 Å². The normalized spacial score (nSPS) is 11.0. The fourth-order valence-electron chi connectivity index (χ4n) is 1.45. The highest BCUT2D eigenvalue weighted by molar-refractivity contribution is 5.93. The number of carbonyl (C=O) groups is 1. The van der Waals surface area contributed by atoms with E-state index in [1.165, 1.54) is 13.0 Å². The maximum Gasteiger partial charge on any atom is 0.573 e. The summed E-state index contributed by atoms with van der Waals surface area (Å²) in [5, 5.41) is 8.89. The van der Waals surface area contributed by atoms with Crippen LogP contribution in [0, 0.1) is 11.3 Å². The standard InChI is InChI=1S/C12H8F5NO4/c1-2-20-10(19)7-3-6(21-11(13)14)4-9(8(7)5-18)22-12(15,16)17/h3-4,11H,2H2,1H3.